The van der Waals surface area contributed by atoms with Gasteiger partial charge in [-0.05, 0) is 50.3 Å². The van der Waals surface area contributed by atoms with Gasteiger partial charge in [-0.1, -0.05) is 36.4 Å². The molecule has 1 heterocycles. The van der Waals surface area contributed by atoms with Gasteiger partial charge in [0, 0.05) is 18.7 Å². The first-order valence-corrected chi connectivity index (χ1v) is 8.04. The van der Waals surface area contributed by atoms with Crippen molar-refractivity contribution in [3.8, 4) is 0 Å². The Morgan fingerprint density at radius 1 is 1.30 bits per heavy atom. The van der Waals surface area contributed by atoms with Crippen LogP contribution in [0.5, 0.6) is 0 Å². The summed E-state index contributed by atoms with van der Waals surface area (Å²) in [6.07, 6.45) is 2.75. The lowest BCUT2D eigenvalue weighted by molar-refractivity contribution is -0.132. The van der Waals surface area contributed by atoms with Crippen molar-refractivity contribution in [3.63, 3.8) is 0 Å². The molecule has 3 atom stereocenters. The molecule has 23 heavy (non-hydrogen) atoms. The minimum absolute atomic E-state index is 0.000272. The maximum Gasteiger partial charge on any atom is 0.237 e. The molecule has 1 amide bonds. The molecule has 3 rings (SSSR count). The number of amides is 1. The van der Waals surface area contributed by atoms with E-state index in [-0.39, 0.29) is 23.5 Å². The highest BCUT2D eigenvalue weighted by atomic mass is 16.2. The fourth-order valence-electron chi connectivity index (χ4n) is 4.20. The van der Waals surface area contributed by atoms with Crippen molar-refractivity contribution in [2.45, 2.75) is 32.6 Å². The molecule has 0 aromatic heterocycles. The van der Waals surface area contributed by atoms with E-state index >= 15 is 0 Å². The zero-order valence-corrected chi connectivity index (χ0v) is 14.2. The molecule has 0 saturated carbocycles. The van der Waals surface area contributed by atoms with Gasteiger partial charge in [-0.3, -0.25) is 9.59 Å². The van der Waals surface area contributed by atoms with Gasteiger partial charge in [-0.15, -0.1) is 0 Å². The number of anilines is 1. The second-order valence-corrected chi connectivity index (χ2v) is 7.00. The van der Waals surface area contributed by atoms with Crippen molar-refractivity contribution in [1.82, 2.24) is 0 Å². The van der Waals surface area contributed by atoms with Crippen LogP contribution in [-0.4, -0.2) is 18.7 Å². The van der Waals surface area contributed by atoms with Crippen LogP contribution >= 0.6 is 0 Å². The number of ketones is 1. The highest BCUT2D eigenvalue weighted by Gasteiger charge is 2.56. The predicted octanol–water partition coefficient (Wildman–Crippen LogP) is 3.65. The normalized spacial score (nSPS) is 30.3. The number of hydrogen-bond acceptors (Lipinski definition) is 2. The Bertz CT molecular complexity index is 746. The van der Waals surface area contributed by atoms with Crippen LogP contribution in [0.1, 0.15) is 32.8 Å². The van der Waals surface area contributed by atoms with E-state index in [0.717, 1.165) is 28.8 Å². The summed E-state index contributed by atoms with van der Waals surface area (Å²) in [5, 5.41) is 0. The van der Waals surface area contributed by atoms with E-state index in [4.69, 9.17) is 0 Å². The molecule has 0 saturated heterocycles. The number of carbonyl (C=O) groups is 2. The molecular formula is C20H23NO2. The standard InChI is InChI=1S/C20H23NO2/c1-12(2)14-11-10-13(3)18(22)17(14)20(4)15-8-6-7-9-16(15)21(5)19(20)23/h6-10,14,17H,1,11H2,2-5H3/t14-,17-,20?/m1/s1. The highest BCUT2D eigenvalue weighted by Crippen LogP contribution is 2.51. The van der Waals surface area contributed by atoms with E-state index in [1.54, 1.807) is 11.9 Å². The summed E-state index contributed by atoms with van der Waals surface area (Å²) in [5.41, 5.74) is 2.75. The summed E-state index contributed by atoms with van der Waals surface area (Å²) in [6.45, 7) is 9.82. The number of rotatable bonds is 2. The van der Waals surface area contributed by atoms with Crippen molar-refractivity contribution < 1.29 is 9.59 Å². The molecule has 1 aliphatic heterocycles. The van der Waals surface area contributed by atoms with E-state index < -0.39 is 5.41 Å². The predicted molar refractivity (Wildman–Crippen MR) is 92.4 cm³/mol. The summed E-state index contributed by atoms with van der Waals surface area (Å²) >= 11 is 0. The zero-order chi connectivity index (χ0) is 16.9. The third kappa shape index (κ3) is 2.03. The van der Waals surface area contributed by atoms with Gasteiger partial charge < -0.3 is 4.90 Å². The molecule has 0 radical (unpaired) electrons. The zero-order valence-electron chi connectivity index (χ0n) is 14.2. The fraction of sp³-hybridized carbons (Fsp3) is 0.400. The molecule has 0 bridgehead atoms. The Hall–Kier alpha value is -2.16. The fourth-order valence-corrected chi connectivity index (χ4v) is 4.20. The molecule has 3 nitrogen and oxygen atoms in total. The number of Topliss-reactive ketones (excluding diaryl/α,β-unsaturated/α-hetero) is 1. The smallest absolute Gasteiger partial charge is 0.237 e. The van der Waals surface area contributed by atoms with Crippen molar-refractivity contribution in [3.05, 3.63) is 53.6 Å². The number of benzene rings is 1. The number of allylic oxidation sites excluding steroid dienone is 3. The Morgan fingerprint density at radius 3 is 2.61 bits per heavy atom. The van der Waals surface area contributed by atoms with Gasteiger partial charge >= 0.3 is 0 Å². The largest absolute Gasteiger partial charge is 0.314 e. The first kappa shape index (κ1) is 15.7. The summed E-state index contributed by atoms with van der Waals surface area (Å²) in [4.78, 5) is 27.8. The van der Waals surface area contributed by atoms with Crippen LogP contribution in [0.15, 0.2) is 48.1 Å². The van der Waals surface area contributed by atoms with Gasteiger partial charge in [0.1, 0.15) is 0 Å². The van der Waals surface area contributed by atoms with Crippen molar-refractivity contribution in [2.75, 3.05) is 11.9 Å². The molecular weight excluding hydrogens is 286 g/mol. The van der Waals surface area contributed by atoms with Crippen LogP contribution in [-0.2, 0) is 15.0 Å². The summed E-state index contributed by atoms with van der Waals surface area (Å²) < 4.78 is 0. The molecule has 3 heteroatoms. The lowest BCUT2D eigenvalue weighted by Crippen LogP contribution is -2.50. The highest BCUT2D eigenvalue weighted by molar-refractivity contribution is 6.12. The quantitative estimate of drug-likeness (QED) is 0.782. The van der Waals surface area contributed by atoms with Crippen molar-refractivity contribution in [1.29, 1.82) is 0 Å². The van der Waals surface area contributed by atoms with Crippen LogP contribution in [0, 0.1) is 11.8 Å². The van der Waals surface area contributed by atoms with Crippen LogP contribution in [0.3, 0.4) is 0 Å². The third-order valence-corrected chi connectivity index (χ3v) is 5.58. The summed E-state index contributed by atoms with van der Waals surface area (Å²) in [6, 6.07) is 7.80. The number of likely N-dealkylation sites (N-methyl/N-ethyl adjacent to an activating group) is 1. The van der Waals surface area contributed by atoms with Gasteiger partial charge in [-0.25, -0.2) is 0 Å². The lowest BCUT2D eigenvalue weighted by Gasteiger charge is -2.40. The second-order valence-electron chi connectivity index (χ2n) is 7.00. The molecule has 2 aliphatic rings. The second kappa shape index (κ2) is 5.19. The number of para-hydroxylation sites is 1. The molecule has 0 fully saturated rings. The van der Waals surface area contributed by atoms with Crippen LogP contribution in [0.2, 0.25) is 0 Å². The first-order chi connectivity index (χ1) is 10.8. The summed E-state index contributed by atoms with van der Waals surface area (Å²) in [7, 11) is 1.79. The molecule has 120 valence electrons. The van der Waals surface area contributed by atoms with Crippen molar-refractivity contribution in [2.24, 2.45) is 11.8 Å². The van der Waals surface area contributed by atoms with Gasteiger partial charge in [0.05, 0.1) is 5.41 Å². The van der Waals surface area contributed by atoms with Crippen LogP contribution in [0.4, 0.5) is 5.69 Å². The van der Waals surface area contributed by atoms with Gasteiger partial charge in [0.25, 0.3) is 0 Å². The van der Waals surface area contributed by atoms with Crippen LogP contribution < -0.4 is 4.90 Å². The van der Waals surface area contributed by atoms with E-state index in [9.17, 15) is 9.59 Å². The molecule has 1 aromatic carbocycles. The molecule has 1 unspecified atom stereocenters. The van der Waals surface area contributed by atoms with Gasteiger partial charge in [-0.2, -0.15) is 0 Å². The maximum absolute atomic E-state index is 13.1. The Kier molecular flexibility index (Phi) is 3.55. The van der Waals surface area contributed by atoms with E-state index in [1.165, 1.54) is 0 Å². The van der Waals surface area contributed by atoms with E-state index in [0.29, 0.717) is 0 Å². The van der Waals surface area contributed by atoms with Gasteiger partial charge in [0.15, 0.2) is 5.78 Å². The topological polar surface area (TPSA) is 37.4 Å². The van der Waals surface area contributed by atoms with E-state index in [2.05, 4.69) is 6.58 Å². The number of fused-ring (bicyclic) bond motifs is 1. The summed E-state index contributed by atoms with van der Waals surface area (Å²) in [5.74, 6) is -0.313. The van der Waals surface area contributed by atoms with Crippen molar-refractivity contribution >= 4 is 17.4 Å². The molecule has 0 spiro atoms. The maximum atomic E-state index is 13.1. The molecule has 1 aliphatic carbocycles. The number of hydrogen-bond donors (Lipinski definition) is 0. The van der Waals surface area contributed by atoms with Crippen LogP contribution in [0.25, 0.3) is 0 Å². The number of carbonyl (C=O) groups excluding carboxylic acids is 2. The van der Waals surface area contributed by atoms with E-state index in [1.807, 2.05) is 51.1 Å². The minimum Gasteiger partial charge on any atom is -0.314 e. The average Bonchev–Trinajstić information content (AvgIpc) is 2.72. The SMILES string of the molecule is C=C(C)[C@H]1CC=C(C)C(=O)[C@@H]1C1(C)C(=O)N(C)c2ccccc21. The van der Waals surface area contributed by atoms with Gasteiger partial charge in [0.2, 0.25) is 5.91 Å². The number of nitrogens with zero attached hydrogens (tertiary/aromatic N) is 1. The Labute approximate surface area is 137 Å². The minimum atomic E-state index is -0.832. The molecule has 0 N–H and O–H groups in total. The third-order valence-electron chi connectivity index (χ3n) is 5.58. The monoisotopic (exact) mass is 309 g/mol. The lowest BCUT2D eigenvalue weighted by atomic mass is 9.60. The first-order valence-electron chi connectivity index (χ1n) is 8.04. The Morgan fingerprint density at radius 2 is 1.96 bits per heavy atom. The Balaban J connectivity index is 2.22. The average molecular weight is 309 g/mol. The molecule has 1 aromatic rings.